The van der Waals surface area contributed by atoms with Gasteiger partial charge < -0.3 is 15.0 Å². The fraction of sp³-hybridized carbons (Fsp3) is 0.731. The van der Waals surface area contributed by atoms with E-state index < -0.39 is 0 Å². The Labute approximate surface area is 185 Å². The number of methoxy groups -OCH3 is 1. The zero-order chi connectivity index (χ0) is 21.0. The molecule has 5 fully saturated rings. The first-order valence-electron chi connectivity index (χ1n) is 12.5. The van der Waals surface area contributed by atoms with Crippen LogP contribution >= 0.6 is 0 Å². The SMILES string of the molecule is CNC(=O)N1C[C@H]2CC34CCC1C2C31CCN(CC2CC2)C4Cc2ccc(OC)cc21. The lowest BCUT2D eigenvalue weighted by molar-refractivity contribution is -0.101. The molecule has 2 amide bonds. The summed E-state index contributed by atoms with van der Waals surface area (Å²) in [7, 11) is 3.58. The number of piperidine rings is 1. The van der Waals surface area contributed by atoms with Gasteiger partial charge in [0.25, 0.3) is 0 Å². The van der Waals surface area contributed by atoms with E-state index in [-0.39, 0.29) is 11.4 Å². The summed E-state index contributed by atoms with van der Waals surface area (Å²) in [5.74, 6) is 3.20. The van der Waals surface area contributed by atoms with Crippen molar-refractivity contribution in [2.24, 2.45) is 23.2 Å². The van der Waals surface area contributed by atoms with Gasteiger partial charge >= 0.3 is 6.03 Å². The molecule has 0 radical (unpaired) electrons. The van der Waals surface area contributed by atoms with Gasteiger partial charge in [0, 0.05) is 37.6 Å². The smallest absolute Gasteiger partial charge is 0.317 e. The molecule has 0 spiro atoms. The molecule has 6 aliphatic rings. The molecular formula is C26H35N3O2. The van der Waals surface area contributed by atoms with Gasteiger partial charge in [-0.3, -0.25) is 4.90 Å². The monoisotopic (exact) mass is 421 g/mol. The average Bonchev–Trinajstić information content (AvgIpc) is 3.48. The van der Waals surface area contributed by atoms with E-state index in [2.05, 4.69) is 33.3 Å². The number of ether oxygens (including phenoxy) is 1. The molecule has 5 nitrogen and oxygen atoms in total. The van der Waals surface area contributed by atoms with Gasteiger partial charge in [-0.25, -0.2) is 4.79 Å². The van der Waals surface area contributed by atoms with E-state index in [9.17, 15) is 4.79 Å². The Hall–Kier alpha value is -1.75. The average molecular weight is 422 g/mol. The Bertz CT molecular complexity index is 945. The molecule has 1 aromatic carbocycles. The minimum Gasteiger partial charge on any atom is -0.497 e. The maximum absolute atomic E-state index is 12.8. The van der Waals surface area contributed by atoms with E-state index in [0.717, 1.165) is 18.2 Å². The molecule has 7 rings (SSSR count). The summed E-state index contributed by atoms with van der Waals surface area (Å²) >= 11 is 0. The molecular weight excluding hydrogens is 386 g/mol. The number of fused-ring (bicyclic) bond motifs is 1. The number of hydrogen-bond acceptors (Lipinski definition) is 3. The molecule has 2 aliphatic heterocycles. The molecule has 2 saturated heterocycles. The predicted octanol–water partition coefficient (Wildman–Crippen LogP) is 3.41. The number of urea groups is 1. The van der Waals surface area contributed by atoms with Gasteiger partial charge in [0.2, 0.25) is 0 Å². The minimum absolute atomic E-state index is 0.132. The number of carbonyl (C=O) groups is 1. The Morgan fingerprint density at radius 3 is 2.90 bits per heavy atom. The summed E-state index contributed by atoms with van der Waals surface area (Å²) in [4.78, 5) is 17.9. The Morgan fingerprint density at radius 2 is 2.13 bits per heavy atom. The van der Waals surface area contributed by atoms with Crippen LogP contribution in [0.4, 0.5) is 4.79 Å². The van der Waals surface area contributed by atoms with Gasteiger partial charge in [-0.1, -0.05) is 6.07 Å². The molecule has 5 heteroatoms. The number of nitrogens with zero attached hydrogens (tertiary/aromatic N) is 2. The number of hydrogen-bond donors (Lipinski definition) is 1. The van der Waals surface area contributed by atoms with Gasteiger partial charge in [0.15, 0.2) is 0 Å². The van der Waals surface area contributed by atoms with Gasteiger partial charge in [0.05, 0.1) is 7.11 Å². The van der Waals surface area contributed by atoms with Crippen LogP contribution in [0.15, 0.2) is 18.2 Å². The zero-order valence-corrected chi connectivity index (χ0v) is 18.9. The van der Waals surface area contributed by atoms with Crippen LogP contribution in [0.2, 0.25) is 0 Å². The molecule has 3 saturated carbocycles. The maximum atomic E-state index is 12.8. The highest BCUT2D eigenvalue weighted by Crippen LogP contribution is 2.75. The van der Waals surface area contributed by atoms with Crippen LogP contribution in [0.3, 0.4) is 0 Å². The van der Waals surface area contributed by atoms with Crippen molar-refractivity contribution in [3.63, 3.8) is 0 Å². The third-order valence-electron chi connectivity index (χ3n) is 10.5. The number of amides is 2. The van der Waals surface area contributed by atoms with Crippen LogP contribution in [0.25, 0.3) is 0 Å². The molecule has 2 heterocycles. The lowest BCUT2D eigenvalue weighted by atomic mass is 9.43. The molecule has 4 bridgehead atoms. The van der Waals surface area contributed by atoms with E-state index in [4.69, 9.17) is 4.74 Å². The first kappa shape index (κ1) is 18.8. The standard InChI is InChI=1S/C26H35N3O2/c1-27-24(30)29-15-18-13-25-8-7-21(29)23(18)26(25)9-10-28(14-16-3-4-16)22(25)11-17-5-6-19(31-2)12-20(17)26/h5-6,12,16,18,21-23H,3-4,7-11,13-15H2,1-2H3,(H,27,30)/t18-,21?,22?,23?,25?,26?/m1/s1. The summed E-state index contributed by atoms with van der Waals surface area (Å²) < 4.78 is 5.73. The van der Waals surface area contributed by atoms with Gasteiger partial charge in [-0.15, -0.1) is 0 Å². The molecule has 5 unspecified atom stereocenters. The van der Waals surface area contributed by atoms with Crippen molar-refractivity contribution in [1.82, 2.24) is 15.1 Å². The third kappa shape index (κ3) is 2.19. The Morgan fingerprint density at radius 1 is 1.26 bits per heavy atom. The largest absolute Gasteiger partial charge is 0.497 e. The van der Waals surface area contributed by atoms with Crippen molar-refractivity contribution in [2.45, 2.75) is 62.4 Å². The van der Waals surface area contributed by atoms with Crippen LogP contribution in [0.1, 0.15) is 49.7 Å². The number of carbonyl (C=O) groups excluding carboxylic acids is 1. The van der Waals surface area contributed by atoms with Gasteiger partial charge in [-0.05, 0) is 97.9 Å². The number of nitrogens with one attached hydrogen (secondary N) is 1. The lowest BCUT2D eigenvalue weighted by Gasteiger charge is -2.66. The topological polar surface area (TPSA) is 44.8 Å². The van der Waals surface area contributed by atoms with E-state index in [1.54, 1.807) is 25.3 Å². The van der Waals surface area contributed by atoms with E-state index >= 15 is 0 Å². The van der Waals surface area contributed by atoms with Crippen LogP contribution in [0, 0.1) is 23.2 Å². The molecule has 1 N–H and O–H groups in total. The van der Waals surface area contributed by atoms with Crippen LogP contribution in [-0.4, -0.2) is 61.7 Å². The van der Waals surface area contributed by atoms with E-state index in [1.165, 1.54) is 58.0 Å². The Balaban J connectivity index is 1.40. The van der Waals surface area contributed by atoms with Crippen molar-refractivity contribution in [3.8, 4) is 5.75 Å². The first-order valence-corrected chi connectivity index (χ1v) is 12.5. The lowest BCUT2D eigenvalue weighted by Crippen LogP contribution is -2.70. The van der Waals surface area contributed by atoms with Crippen molar-refractivity contribution in [3.05, 3.63) is 29.3 Å². The van der Waals surface area contributed by atoms with Gasteiger partial charge in [-0.2, -0.15) is 0 Å². The molecule has 4 aliphatic carbocycles. The van der Waals surface area contributed by atoms with Crippen molar-refractivity contribution >= 4 is 6.03 Å². The fourth-order valence-corrected chi connectivity index (χ4v) is 9.44. The first-order chi connectivity index (χ1) is 15.1. The fourth-order valence-electron chi connectivity index (χ4n) is 9.44. The molecule has 166 valence electrons. The summed E-state index contributed by atoms with van der Waals surface area (Å²) in [5, 5.41) is 2.93. The Kier molecular flexibility index (Phi) is 3.75. The summed E-state index contributed by atoms with van der Waals surface area (Å²) in [6, 6.07) is 8.14. The molecule has 1 aromatic rings. The second kappa shape index (κ2) is 6.18. The number of likely N-dealkylation sites (tertiary alicyclic amines) is 2. The highest BCUT2D eigenvalue weighted by molar-refractivity contribution is 5.75. The van der Waals surface area contributed by atoms with Crippen molar-refractivity contribution < 1.29 is 9.53 Å². The number of benzene rings is 1. The summed E-state index contributed by atoms with van der Waals surface area (Å²) in [5.41, 5.74) is 3.75. The van der Waals surface area contributed by atoms with Crippen LogP contribution in [0.5, 0.6) is 5.75 Å². The number of rotatable bonds is 3. The second-order valence-corrected chi connectivity index (χ2v) is 11.4. The van der Waals surface area contributed by atoms with Crippen molar-refractivity contribution in [2.75, 3.05) is 33.8 Å². The predicted molar refractivity (Wildman–Crippen MR) is 119 cm³/mol. The highest BCUT2D eigenvalue weighted by atomic mass is 16.5. The van der Waals surface area contributed by atoms with Crippen molar-refractivity contribution in [1.29, 1.82) is 0 Å². The normalized spacial score (nSPS) is 42.2. The third-order valence-corrected chi connectivity index (χ3v) is 10.5. The molecule has 6 atom stereocenters. The quantitative estimate of drug-likeness (QED) is 0.814. The van der Waals surface area contributed by atoms with E-state index in [1.807, 2.05) is 0 Å². The van der Waals surface area contributed by atoms with E-state index in [0.29, 0.717) is 29.3 Å². The van der Waals surface area contributed by atoms with Gasteiger partial charge in [0.1, 0.15) is 5.75 Å². The maximum Gasteiger partial charge on any atom is 0.317 e. The minimum atomic E-state index is 0.132. The molecule has 31 heavy (non-hydrogen) atoms. The molecule has 0 aromatic heterocycles. The van der Waals surface area contributed by atoms with Crippen LogP contribution in [-0.2, 0) is 11.8 Å². The zero-order valence-electron chi connectivity index (χ0n) is 18.9. The highest BCUT2D eigenvalue weighted by Gasteiger charge is 2.76. The second-order valence-electron chi connectivity index (χ2n) is 11.4. The summed E-state index contributed by atoms with van der Waals surface area (Å²) in [6.45, 7) is 3.50. The summed E-state index contributed by atoms with van der Waals surface area (Å²) in [6.07, 6.45) is 9.11. The van der Waals surface area contributed by atoms with Crippen LogP contribution < -0.4 is 10.1 Å².